The molecule has 0 aromatic heterocycles. The van der Waals surface area contributed by atoms with Crippen molar-refractivity contribution in [2.45, 2.75) is 39.0 Å². The molecule has 4 nitrogen and oxygen atoms in total. The number of carbonyl (C=O) groups is 2. The summed E-state index contributed by atoms with van der Waals surface area (Å²) in [7, 11) is 0. The summed E-state index contributed by atoms with van der Waals surface area (Å²) in [5, 5.41) is 0. The second-order valence-corrected chi connectivity index (χ2v) is 8.39. The van der Waals surface area contributed by atoms with Crippen molar-refractivity contribution in [3.8, 4) is 0 Å². The first-order valence-corrected chi connectivity index (χ1v) is 10.8. The van der Waals surface area contributed by atoms with Gasteiger partial charge in [-0.1, -0.05) is 48.5 Å². The molecule has 0 bridgehead atoms. The Hall–Kier alpha value is -2.62. The molecule has 1 heterocycles. The molecular weight excluding hydrogens is 360 g/mol. The first-order chi connectivity index (χ1) is 14.1. The van der Waals surface area contributed by atoms with Crippen LogP contribution in [-0.2, 0) is 16.0 Å². The lowest BCUT2D eigenvalue weighted by Crippen LogP contribution is -2.49. The highest BCUT2D eigenvalue weighted by molar-refractivity contribution is 6.14. The number of anilines is 1. The van der Waals surface area contributed by atoms with Gasteiger partial charge < -0.3 is 9.80 Å². The van der Waals surface area contributed by atoms with Gasteiger partial charge in [0.1, 0.15) is 5.41 Å². The predicted molar refractivity (Wildman–Crippen MR) is 116 cm³/mol. The Morgan fingerprint density at radius 1 is 0.966 bits per heavy atom. The van der Waals surface area contributed by atoms with Gasteiger partial charge in [0.15, 0.2) is 0 Å². The molecule has 0 unspecified atom stereocenters. The molecule has 4 heteroatoms. The molecule has 2 aromatic carbocycles. The molecule has 152 valence electrons. The molecule has 2 amide bonds. The quantitative estimate of drug-likeness (QED) is 0.690. The number of rotatable bonds is 6. The van der Waals surface area contributed by atoms with E-state index in [2.05, 4.69) is 24.3 Å². The van der Waals surface area contributed by atoms with Crippen LogP contribution < -0.4 is 4.90 Å². The summed E-state index contributed by atoms with van der Waals surface area (Å²) < 4.78 is 0. The number of benzene rings is 2. The normalized spacial score (nSPS) is 18.3. The second kappa shape index (κ2) is 8.40. The van der Waals surface area contributed by atoms with Crippen LogP contribution in [0.4, 0.5) is 5.69 Å². The third-order valence-corrected chi connectivity index (χ3v) is 6.47. The van der Waals surface area contributed by atoms with E-state index in [9.17, 15) is 9.59 Å². The fraction of sp³-hybridized carbons (Fsp3) is 0.440. The van der Waals surface area contributed by atoms with Gasteiger partial charge in [-0.05, 0) is 62.6 Å². The Balaban J connectivity index is 1.38. The number of nitrogens with zero attached hydrogens (tertiary/aromatic N) is 2. The van der Waals surface area contributed by atoms with Crippen LogP contribution in [-0.4, -0.2) is 36.3 Å². The van der Waals surface area contributed by atoms with Crippen LogP contribution in [0.3, 0.4) is 0 Å². The highest BCUT2D eigenvalue weighted by Crippen LogP contribution is 2.49. The van der Waals surface area contributed by atoms with Crippen molar-refractivity contribution in [1.29, 1.82) is 0 Å². The van der Waals surface area contributed by atoms with E-state index in [1.165, 1.54) is 5.56 Å². The summed E-state index contributed by atoms with van der Waals surface area (Å²) in [6, 6.07) is 20.3. The maximum atomic E-state index is 13.3. The van der Waals surface area contributed by atoms with E-state index in [0.29, 0.717) is 25.3 Å². The molecule has 1 saturated heterocycles. The van der Waals surface area contributed by atoms with E-state index in [1.54, 1.807) is 4.90 Å². The van der Waals surface area contributed by atoms with Crippen molar-refractivity contribution in [1.82, 2.24) is 4.90 Å². The van der Waals surface area contributed by atoms with Crippen molar-refractivity contribution < 1.29 is 9.59 Å². The van der Waals surface area contributed by atoms with E-state index in [0.717, 1.165) is 38.0 Å². The van der Waals surface area contributed by atoms with E-state index in [-0.39, 0.29) is 11.8 Å². The fourth-order valence-corrected chi connectivity index (χ4v) is 4.54. The van der Waals surface area contributed by atoms with Crippen LogP contribution >= 0.6 is 0 Å². The Labute approximate surface area is 173 Å². The molecule has 1 aliphatic carbocycles. The first kappa shape index (κ1) is 19.7. The van der Waals surface area contributed by atoms with Gasteiger partial charge in [0.2, 0.25) is 11.8 Å². The zero-order valence-corrected chi connectivity index (χ0v) is 17.2. The van der Waals surface area contributed by atoms with E-state index >= 15 is 0 Å². The summed E-state index contributed by atoms with van der Waals surface area (Å²) in [5.41, 5.74) is 1.42. The Morgan fingerprint density at radius 3 is 2.10 bits per heavy atom. The Morgan fingerprint density at radius 2 is 1.55 bits per heavy atom. The maximum Gasteiger partial charge on any atom is 0.242 e. The summed E-state index contributed by atoms with van der Waals surface area (Å²) in [5.74, 6) is 0.640. The van der Waals surface area contributed by atoms with Crippen molar-refractivity contribution in [3.05, 3.63) is 66.2 Å². The van der Waals surface area contributed by atoms with Gasteiger partial charge in [0, 0.05) is 25.3 Å². The number of carbonyl (C=O) groups excluding carboxylic acids is 2. The zero-order valence-electron chi connectivity index (χ0n) is 17.2. The third kappa shape index (κ3) is 4.07. The average molecular weight is 391 g/mol. The lowest BCUT2D eigenvalue weighted by atomic mass is 9.89. The average Bonchev–Trinajstić information content (AvgIpc) is 3.58. The minimum absolute atomic E-state index is 0.0254. The number of hydrogen-bond donors (Lipinski definition) is 0. The minimum Gasteiger partial charge on any atom is -0.342 e. The van der Waals surface area contributed by atoms with Crippen LogP contribution in [0.5, 0.6) is 0 Å². The van der Waals surface area contributed by atoms with Gasteiger partial charge in [-0.25, -0.2) is 0 Å². The number of amides is 2. The van der Waals surface area contributed by atoms with Gasteiger partial charge in [0.05, 0.1) is 0 Å². The van der Waals surface area contributed by atoms with Crippen LogP contribution in [0, 0.1) is 11.3 Å². The summed E-state index contributed by atoms with van der Waals surface area (Å²) in [4.78, 5) is 30.4. The predicted octanol–water partition coefficient (Wildman–Crippen LogP) is 4.30. The molecule has 2 aliphatic rings. The molecule has 1 aliphatic heterocycles. The van der Waals surface area contributed by atoms with E-state index in [1.807, 2.05) is 48.2 Å². The Kier molecular flexibility index (Phi) is 5.70. The number of hydrogen-bond acceptors (Lipinski definition) is 2. The molecule has 0 atom stereocenters. The van der Waals surface area contributed by atoms with Gasteiger partial charge in [-0.15, -0.1) is 0 Å². The molecule has 0 N–H and O–H groups in total. The molecular formula is C25H30N2O2. The second-order valence-electron chi connectivity index (χ2n) is 8.39. The van der Waals surface area contributed by atoms with Crippen molar-refractivity contribution >= 4 is 17.5 Å². The molecule has 2 fully saturated rings. The van der Waals surface area contributed by atoms with Gasteiger partial charge >= 0.3 is 0 Å². The van der Waals surface area contributed by atoms with Gasteiger partial charge in [0.25, 0.3) is 0 Å². The molecule has 4 rings (SSSR count). The largest absolute Gasteiger partial charge is 0.342 e. The monoisotopic (exact) mass is 390 g/mol. The van der Waals surface area contributed by atoms with E-state index in [4.69, 9.17) is 0 Å². The van der Waals surface area contributed by atoms with Crippen molar-refractivity contribution in [2.24, 2.45) is 11.3 Å². The molecule has 0 radical (unpaired) electrons. The van der Waals surface area contributed by atoms with Gasteiger partial charge in [-0.3, -0.25) is 9.59 Å². The van der Waals surface area contributed by atoms with Crippen LogP contribution in [0.1, 0.15) is 38.2 Å². The van der Waals surface area contributed by atoms with E-state index < -0.39 is 5.41 Å². The van der Waals surface area contributed by atoms with Gasteiger partial charge in [-0.2, -0.15) is 0 Å². The van der Waals surface area contributed by atoms with Crippen LogP contribution in [0.15, 0.2) is 60.7 Å². The SMILES string of the molecule is CCN(C(=O)C1(C(=O)N2CCC(Cc3ccccc3)CC2)CC1)c1ccccc1. The summed E-state index contributed by atoms with van der Waals surface area (Å²) in [6.07, 6.45) is 4.46. The van der Waals surface area contributed by atoms with Crippen molar-refractivity contribution in [2.75, 3.05) is 24.5 Å². The Bertz CT molecular complexity index is 838. The lowest BCUT2D eigenvalue weighted by Gasteiger charge is -2.35. The van der Waals surface area contributed by atoms with Crippen molar-refractivity contribution in [3.63, 3.8) is 0 Å². The maximum absolute atomic E-state index is 13.3. The van der Waals surface area contributed by atoms with Crippen LogP contribution in [0.2, 0.25) is 0 Å². The third-order valence-electron chi connectivity index (χ3n) is 6.47. The highest BCUT2D eigenvalue weighted by Gasteiger charge is 2.59. The molecule has 29 heavy (non-hydrogen) atoms. The fourth-order valence-electron chi connectivity index (χ4n) is 4.54. The summed E-state index contributed by atoms with van der Waals surface area (Å²) in [6.45, 7) is 4.09. The first-order valence-electron chi connectivity index (χ1n) is 10.8. The number of para-hydroxylation sites is 1. The highest BCUT2D eigenvalue weighted by atomic mass is 16.2. The minimum atomic E-state index is -0.821. The molecule has 0 spiro atoms. The number of piperidine rings is 1. The lowest BCUT2D eigenvalue weighted by molar-refractivity contribution is -0.144. The zero-order chi connectivity index (χ0) is 20.3. The smallest absolute Gasteiger partial charge is 0.242 e. The standard InChI is InChI=1S/C25H30N2O2/c1-2-27(22-11-7-4-8-12-22)24(29)25(15-16-25)23(28)26-17-13-21(14-18-26)19-20-9-5-3-6-10-20/h3-12,21H,2,13-19H2,1H3. The summed E-state index contributed by atoms with van der Waals surface area (Å²) >= 11 is 0. The molecule has 1 saturated carbocycles. The topological polar surface area (TPSA) is 40.6 Å². The number of likely N-dealkylation sites (tertiary alicyclic amines) is 1. The molecule has 2 aromatic rings. The van der Waals surface area contributed by atoms with Crippen LogP contribution in [0.25, 0.3) is 0 Å².